The summed E-state index contributed by atoms with van der Waals surface area (Å²) in [5, 5.41) is 3.46. The van der Waals surface area contributed by atoms with Gasteiger partial charge in [0.15, 0.2) is 0 Å². The van der Waals surface area contributed by atoms with E-state index in [4.69, 9.17) is 19.4 Å². The van der Waals surface area contributed by atoms with E-state index in [0.717, 1.165) is 17.0 Å². The van der Waals surface area contributed by atoms with Gasteiger partial charge in [-0.2, -0.15) is 0 Å². The standard InChI is InChI=1S/C18H33P.C17H19NO.2ClH.Ru/c1-4-10-16(11-5-1)19(17-12-6-2-7-13-17)18-14-8-3-9-15-18;1-13(2)19-17-11-7-6-10-16(17)18-12-15-9-5-4-8-14(15)3;;;/h16-18H,1-15H2;3-11,13,18H,12H2,1-2H3;2*1H;/q;;;;+2. The molecule has 0 saturated heterocycles. The molecule has 0 amide bonds. The zero-order chi connectivity index (χ0) is 28.9. The van der Waals surface area contributed by atoms with Gasteiger partial charge in [-0.15, -0.1) is 0 Å². The zero-order valence-electron chi connectivity index (χ0n) is 25.4. The van der Waals surface area contributed by atoms with Gasteiger partial charge >= 0.3 is 145 Å². The van der Waals surface area contributed by atoms with Crippen LogP contribution in [0.4, 0.5) is 5.69 Å². The fourth-order valence-corrected chi connectivity index (χ4v) is 14.5. The molecule has 3 aliphatic rings. The molecule has 0 atom stereocenters. The first-order chi connectivity index (χ1) is 20.0. The molecule has 0 radical (unpaired) electrons. The summed E-state index contributed by atoms with van der Waals surface area (Å²) in [4.78, 5) is 0. The average Bonchev–Trinajstić information content (AvgIpc) is 2.99. The number of para-hydroxylation sites is 2. The number of hydrogen-bond acceptors (Lipinski definition) is 1. The fourth-order valence-electron chi connectivity index (χ4n) is 7.39. The normalized spacial score (nSPS) is 19.4. The third-order valence-corrected chi connectivity index (χ3v) is 15.6. The van der Waals surface area contributed by atoms with Crippen molar-refractivity contribution in [3.63, 3.8) is 0 Å². The van der Waals surface area contributed by atoms with Gasteiger partial charge in [0, 0.05) is 7.92 Å². The predicted molar refractivity (Wildman–Crippen MR) is 183 cm³/mol. The molecule has 5 rings (SSSR count). The first-order valence-corrected chi connectivity index (χ1v) is 23.5. The van der Waals surface area contributed by atoms with Crippen LogP contribution in [-0.4, -0.2) is 32.4 Å². The van der Waals surface area contributed by atoms with Gasteiger partial charge < -0.3 is 0 Å². The number of rotatable bonds is 9. The van der Waals surface area contributed by atoms with Gasteiger partial charge in [-0.1, -0.05) is 19.3 Å². The Morgan fingerprint density at radius 3 is 1.76 bits per heavy atom. The molecule has 3 aliphatic carbocycles. The van der Waals surface area contributed by atoms with Crippen LogP contribution in [0, 0.1) is 0 Å². The Morgan fingerprint density at radius 2 is 1.24 bits per heavy atom. The third kappa shape index (κ3) is 11.2. The molecule has 0 aromatic heterocycles. The second-order valence-electron chi connectivity index (χ2n) is 12.6. The van der Waals surface area contributed by atoms with Crippen molar-refractivity contribution in [2.24, 2.45) is 0 Å². The van der Waals surface area contributed by atoms with E-state index in [1.165, 1.54) is 22.5 Å². The Kier molecular flexibility index (Phi) is 15.0. The number of ether oxygens (including phenoxy) is 1. The van der Waals surface area contributed by atoms with Crippen molar-refractivity contribution in [1.29, 1.82) is 0 Å². The van der Waals surface area contributed by atoms with Crippen molar-refractivity contribution >= 4 is 37.6 Å². The van der Waals surface area contributed by atoms with Crippen LogP contribution in [0.1, 0.15) is 121 Å². The van der Waals surface area contributed by atoms with E-state index in [2.05, 4.69) is 36.0 Å². The number of benzene rings is 2. The van der Waals surface area contributed by atoms with Crippen LogP contribution in [0.5, 0.6) is 5.75 Å². The number of nitrogens with one attached hydrogen (secondary N) is 1. The molecular formula is C35H54Cl2NOPRu+2. The number of halogens is 2. The van der Waals surface area contributed by atoms with E-state index >= 15 is 0 Å². The van der Waals surface area contributed by atoms with Gasteiger partial charge in [0.2, 0.25) is 0 Å². The second kappa shape index (κ2) is 18.4. The predicted octanol–water partition coefficient (Wildman–Crippen LogP) is 11.2. The molecule has 2 aromatic carbocycles. The summed E-state index contributed by atoms with van der Waals surface area (Å²) >= 11 is -1.82. The molecule has 2 aromatic rings. The van der Waals surface area contributed by atoms with Gasteiger partial charge in [0.25, 0.3) is 0 Å². The summed E-state index contributed by atoms with van der Waals surface area (Å²) in [6.07, 6.45) is 24.1. The second-order valence-corrected chi connectivity index (χ2v) is 21.8. The number of aliphatic hydroxyl groups is 1. The van der Waals surface area contributed by atoms with E-state index in [9.17, 15) is 0 Å². The Balaban J connectivity index is 0.000000191. The molecule has 41 heavy (non-hydrogen) atoms. The average molecular weight is 708 g/mol. The minimum atomic E-state index is -1.82. The maximum absolute atomic E-state index is 6.00. The monoisotopic (exact) mass is 707 g/mol. The van der Waals surface area contributed by atoms with Crippen molar-refractivity contribution in [2.75, 3.05) is 5.32 Å². The Bertz CT molecular complexity index is 1010. The summed E-state index contributed by atoms with van der Waals surface area (Å²) in [6, 6.07) is 16.3. The fraction of sp³-hybridized carbons (Fsp3) is 0.629. The molecule has 0 unspecified atom stereocenters. The zero-order valence-corrected chi connectivity index (χ0v) is 29.6. The van der Waals surface area contributed by atoms with Crippen molar-refractivity contribution in [3.8, 4) is 5.75 Å². The van der Waals surface area contributed by atoms with Crippen LogP contribution in [0.15, 0.2) is 48.5 Å². The summed E-state index contributed by atoms with van der Waals surface area (Å²) in [6.45, 7) is 4.87. The van der Waals surface area contributed by atoms with E-state index in [0.29, 0.717) is 6.54 Å². The van der Waals surface area contributed by atoms with Gasteiger partial charge in [-0.3, -0.25) is 0 Å². The molecule has 0 spiro atoms. The van der Waals surface area contributed by atoms with Crippen LogP contribution >= 0.6 is 27.3 Å². The van der Waals surface area contributed by atoms with Crippen molar-refractivity contribution < 1.29 is 18.3 Å². The summed E-state index contributed by atoms with van der Waals surface area (Å²) in [7, 11) is 12.0. The Morgan fingerprint density at radius 1 is 0.756 bits per heavy atom. The third-order valence-electron chi connectivity index (χ3n) is 9.24. The molecule has 6 heteroatoms. The van der Waals surface area contributed by atoms with E-state index in [1.54, 1.807) is 96.3 Å². The van der Waals surface area contributed by atoms with Crippen molar-refractivity contribution in [1.82, 2.24) is 0 Å². The maximum atomic E-state index is 6.00. The van der Waals surface area contributed by atoms with E-state index in [-0.39, 0.29) is 14.0 Å². The minimum absolute atomic E-state index is 0.0465. The van der Waals surface area contributed by atoms with Crippen LogP contribution in [-0.2, 0) is 20.1 Å². The van der Waals surface area contributed by atoms with Crippen LogP contribution in [0.3, 0.4) is 0 Å². The summed E-state index contributed by atoms with van der Waals surface area (Å²) in [5.41, 5.74) is 7.01. The first kappa shape index (κ1) is 33.4. The molecule has 0 heterocycles. The Labute approximate surface area is 265 Å². The molecule has 0 bridgehead atoms. The SMILES string of the molecule is C1CCC([PH+](C2CCCCC2)C2CCCCC2)CC1.CC(C)[OH+]c1ccccc1NCc1ccccc1[CH]=[Ru]([Cl])[Cl]. The van der Waals surface area contributed by atoms with Crippen molar-refractivity contribution in [3.05, 3.63) is 59.7 Å². The molecule has 3 saturated carbocycles. The number of aromatic hydroxyl groups is 1. The molecule has 230 valence electrons. The van der Waals surface area contributed by atoms with Gasteiger partial charge in [-0.25, -0.2) is 0 Å². The topological polar surface area (TPSA) is 24.8 Å². The van der Waals surface area contributed by atoms with Crippen molar-refractivity contribution in [2.45, 2.75) is 140 Å². The van der Waals surface area contributed by atoms with E-state index in [1.807, 2.05) is 41.0 Å². The van der Waals surface area contributed by atoms with Crippen LogP contribution in [0.25, 0.3) is 0 Å². The van der Waals surface area contributed by atoms with Crippen LogP contribution in [0.2, 0.25) is 0 Å². The first-order valence-electron chi connectivity index (χ1n) is 16.3. The summed E-state index contributed by atoms with van der Waals surface area (Å²) in [5.74, 6) is 0.987. The van der Waals surface area contributed by atoms with Gasteiger partial charge in [0.1, 0.15) is 0 Å². The number of hydrogen-bond donors (Lipinski definition) is 1. The molecule has 2 nitrogen and oxygen atoms in total. The molecule has 2 N–H and O–H groups in total. The number of anilines is 1. The quantitative estimate of drug-likeness (QED) is 0.119. The van der Waals surface area contributed by atoms with Crippen LogP contribution < -0.4 is 5.32 Å². The molecular weight excluding hydrogens is 653 g/mol. The Hall–Kier alpha value is -0.457. The van der Waals surface area contributed by atoms with Gasteiger partial charge in [-0.05, 0) is 77.0 Å². The summed E-state index contributed by atoms with van der Waals surface area (Å²) < 4.78 is 6.62. The van der Waals surface area contributed by atoms with Gasteiger partial charge in [0.05, 0.1) is 17.0 Å². The molecule has 0 aliphatic heterocycles. The van der Waals surface area contributed by atoms with E-state index < -0.39 is 13.5 Å². The molecule has 3 fully saturated rings.